The maximum absolute atomic E-state index is 13.2. The molecule has 130 valence electrons. The lowest BCUT2D eigenvalue weighted by atomic mass is 10.2. The maximum Gasteiger partial charge on any atom is 0.434 e. The summed E-state index contributed by atoms with van der Waals surface area (Å²) in [5, 5.41) is 3.35. The number of hydrogen-bond donors (Lipinski definition) is 0. The van der Waals surface area contributed by atoms with Crippen LogP contribution in [0.3, 0.4) is 0 Å². The molecule has 0 amide bonds. The minimum Gasteiger partial charge on any atom is -0.462 e. The third kappa shape index (κ3) is 3.49. The first-order valence-electron chi connectivity index (χ1n) is 6.42. The number of ether oxygens (including phenoxy) is 1. The fourth-order valence-corrected chi connectivity index (χ4v) is 1.85. The van der Waals surface area contributed by atoms with E-state index >= 15 is 0 Å². The molecule has 0 spiro atoms. The Kier molecular flexibility index (Phi) is 4.54. The second kappa shape index (κ2) is 6.13. The van der Waals surface area contributed by atoms with Crippen LogP contribution in [0.4, 0.5) is 26.3 Å². The number of nitrogens with zero attached hydrogens (tertiary/aromatic N) is 3. The average molecular weight is 353 g/mol. The number of carbonyl (C=O) groups excluding carboxylic acids is 1. The predicted molar refractivity (Wildman–Crippen MR) is 67.3 cm³/mol. The number of hydrogen-bond acceptors (Lipinski definition) is 4. The molecule has 2 aromatic heterocycles. The van der Waals surface area contributed by atoms with Crippen molar-refractivity contribution in [3.8, 4) is 5.82 Å². The molecule has 2 heterocycles. The number of pyridine rings is 1. The molecule has 0 fully saturated rings. The highest BCUT2D eigenvalue weighted by atomic mass is 19.4. The summed E-state index contributed by atoms with van der Waals surface area (Å²) in [4.78, 5) is 14.7. The highest BCUT2D eigenvalue weighted by Gasteiger charge is 2.41. The van der Waals surface area contributed by atoms with Crippen LogP contribution in [-0.2, 0) is 17.1 Å². The van der Waals surface area contributed by atoms with Gasteiger partial charge in [0.1, 0.15) is 11.3 Å². The molecule has 0 aliphatic carbocycles. The van der Waals surface area contributed by atoms with Crippen LogP contribution in [0.25, 0.3) is 5.82 Å². The van der Waals surface area contributed by atoms with Gasteiger partial charge in [0.2, 0.25) is 0 Å². The summed E-state index contributed by atoms with van der Waals surface area (Å²) in [5.74, 6) is -2.02. The molecule has 0 N–H and O–H groups in total. The van der Waals surface area contributed by atoms with E-state index in [4.69, 9.17) is 0 Å². The second-order valence-electron chi connectivity index (χ2n) is 4.42. The standard InChI is InChI=1S/C13H9F6N3O2/c1-2-24-11(23)7-6-20-22(10(7)13(17,18)19)9-5-3-4-8(21-9)12(14,15)16/h3-6H,2H2,1H3. The van der Waals surface area contributed by atoms with Gasteiger partial charge in [-0.1, -0.05) is 6.07 Å². The number of alkyl halides is 6. The third-order valence-electron chi connectivity index (χ3n) is 2.77. The molecule has 0 saturated heterocycles. The van der Waals surface area contributed by atoms with E-state index in [1.807, 2.05) is 0 Å². The van der Waals surface area contributed by atoms with Gasteiger partial charge in [0.05, 0.1) is 12.8 Å². The summed E-state index contributed by atoms with van der Waals surface area (Å²) in [6.45, 7) is 1.22. The van der Waals surface area contributed by atoms with Crippen molar-refractivity contribution in [3.63, 3.8) is 0 Å². The van der Waals surface area contributed by atoms with E-state index in [9.17, 15) is 31.1 Å². The van der Waals surface area contributed by atoms with Crippen LogP contribution in [0.15, 0.2) is 24.4 Å². The van der Waals surface area contributed by atoms with Gasteiger partial charge in [0.25, 0.3) is 0 Å². The highest BCUT2D eigenvalue weighted by Crippen LogP contribution is 2.34. The van der Waals surface area contributed by atoms with Crippen LogP contribution in [0, 0.1) is 0 Å². The Balaban J connectivity index is 2.62. The lowest BCUT2D eigenvalue weighted by Crippen LogP contribution is -2.20. The van der Waals surface area contributed by atoms with Crippen molar-refractivity contribution in [2.45, 2.75) is 19.3 Å². The Labute approximate surface area is 130 Å². The number of aromatic nitrogens is 3. The minimum atomic E-state index is -5.06. The third-order valence-corrected chi connectivity index (χ3v) is 2.77. The van der Waals surface area contributed by atoms with E-state index in [1.165, 1.54) is 6.92 Å². The summed E-state index contributed by atoms with van der Waals surface area (Å²) in [6, 6.07) is 2.40. The van der Waals surface area contributed by atoms with E-state index in [-0.39, 0.29) is 11.3 Å². The van der Waals surface area contributed by atoms with Gasteiger partial charge in [0.15, 0.2) is 11.5 Å². The van der Waals surface area contributed by atoms with Gasteiger partial charge in [-0.3, -0.25) is 0 Å². The average Bonchev–Trinajstić information content (AvgIpc) is 2.92. The van der Waals surface area contributed by atoms with E-state index < -0.39 is 41.1 Å². The second-order valence-corrected chi connectivity index (χ2v) is 4.42. The minimum absolute atomic E-state index is 0.126. The quantitative estimate of drug-likeness (QED) is 0.626. The van der Waals surface area contributed by atoms with Gasteiger partial charge in [-0.15, -0.1) is 0 Å². The van der Waals surface area contributed by atoms with Crippen molar-refractivity contribution in [1.82, 2.24) is 14.8 Å². The van der Waals surface area contributed by atoms with Gasteiger partial charge in [0, 0.05) is 0 Å². The molecule has 11 heteroatoms. The fourth-order valence-electron chi connectivity index (χ4n) is 1.85. The van der Waals surface area contributed by atoms with Crippen LogP contribution in [0.2, 0.25) is 0 Å². The predicted octanol–water partition coefficient (Wildman–Crippen LogP) is 3.48. The zero-order chi connectivity index (χ0) is 18.1. The van der Waals surface area contributed by atoms with Gasteiger partial charge < -0.3 is 4.74 Å². The number of halogens is 6. The van der Waals surface area contributed by atoms with E-state index in [1.54, 1.807) is 0 Å². The molecule has 5 nitrogen and oxygen atoms in total. The number of esters is 1. The Morgan fingerprint density at radius 1 is 1.17 bits per heavy atom. The monoisotopic (exact) mass is 353 g/mol. The molecule has 0 aliphatic heterocycles. The first-order chi connectivity index (χ1) is 11.1. The first kappa shape index (κ1) is 17.8. The Bertz CT molecular complexity index is 751. The molecule has 2 aromatic rings. The van der Waals surface area contributed by atoms with Crippen molar-refractivity contribution < 1.29 is 35.9 Å². The lowest BCUT2D eigenvalue weighted by molar-refractivity contribution is -0.143. The van der Waals surface area contributed by atoms with Crippen LogP contribution < -0.4 is 0 Å². The smallest absolute Gasteiger partial charge is 0.434 e. The molecule has 0 saturated carbocycles. The zero-order valence-electron chi connectivity index (χ0n) is 11.9. The van der Waals surface area contributed by atoms with E-state index in [0.717, 1.165) is 12.1 Å². The van der Waals surface area contributed by atoms with Crippen molar-refractivity contribution in [2.24, 2.45) is 0 Å². The molecule has 0 bridgehead atoms. The number of carbonyl (C=O) groups is 1. The summed E-state index contributed by atoms with van der Waals surface area (Å²) >= 11 is 0. The maximum atomic E-state index is 13.2. The number of rotatable bonds is 3. The molecule has 2 rings (SSSR count). The molecule has 24 heavy (non-hydrogen) atoms. The van der Waals surface area contributed by atoms with Gasteiger partial charge >= 0.3 is 18.3 Å². The first-order valence-corrected chi connectivity index (χ1v) is 6.42. The van der Waals surface area contributed by atoms with Crippen LogP contribution in [0.5, 0.6) is 0 Å². The molecule has 0 aromatic carbocycles. The normalized spacial score (nSPS) is 12.3. The Hall–Kier alpha value is -2.59. The molecule has 0 aliphatic rings. The summed E-state index contributed by atoms with van der Waals surface area (Å²) in [6.07, 6.45) is -9.33. The van der Waals surface area contributed by atoms with Crippen LogP contribution in [-0.4, -0.2) is 27.3 Å². The molecule has 0 radical (unpaired) electrons. The highest BCUT2D eigenvalue weighted by molar-refractivity contribution is 5.90. The van der Waals surface area contributed by atoms with Gasteiger partial charge in [-0.25, -0.2) is 14.5 Å². The van der Waals surface area contributed by atoms with Gasteiger partial charge in [-0.2, -0.15) is 31.4 Å². The largest absolute Gasteiger partial charge is 0.462 e. The Morgan fingerprint density at radius 2 is 1.83 bits per heavy atom. The van der Waals surface area contributed by atoms with Crippen molar-refractivity contribution in [3.05, 3.63) is 41.3 Å². The topological polar surface area (TPSA) is 57.0 Å². The molecular formula is C13H9F6N3O2. The Morgan fingerprint density at radius 3 is 2.38 bits per heavy atom. The summed E-state index contributed by atoms with van der Waals surface area (Å²) in [5.41, 5.74) is -3.86. The van der Waals surface area contributed by atoms with Crippen molar-refractivity contribution in [1.29, 1.82) is 0 Å². The van der Waals surface area contributed by atoms with Crippen LogP contribution in [0.1, 0.15) is 28.7 Å². The summed E-state index contributed by atoms with van der Waals surface area (Å²) < 4.78 is 82.3. The van der Waals surface area contributed by atoms with Gasteiger partial charge in [-0.05, 0) is 19.1 Å². The zero-order valence-corrected chi connectivity index (χ0v) is 11.9. The van der Waals surface area contributed by atoms with E-state index in [2.05, 4.69) is 14.8 Å². The fraction of sp³-hybridized carbons (Fsp3) is 0.308. The van der Waals surface area contributed by atoms with E-state index in [0.29, 0.717) is 12.3 Å². The molecular weight excluding hydrogens is 344 g/mol. The lowest BCUT2D eigenvalue weighted by Gasteiger charge is -2.13. The SMILES string of the molecule is CCOC(=O)c1cnn(-c2cccc(C(F)(F)F)n2)c1C(F)(F)F. The van der Waals surface area contributed by atoms with Crippen LogP contribution >= 0.6 is 0 Å². The van der Waals surface area contributed by atoms with Crippen molar-refractivity contribution >= 4 is 5.97 Å². The summed E-state index contributed by atoms with van der Waals surface area (Å²) in [7, 11) is 0. The molecule has 0 atom stereocenters. The van der Waals surface area contributed by atoms with Crippen molar-refractivity contribution in [2.75, 3.05) is 6.61 Å². The molecule has 0 unspecified atom stereocenters.